The lowest BCUT2D eigenvalue weighted by molar-refractivity contribution is -0.139. The number of hydrogen-bond acceptors (Lipinski definition) is 3. The second-order valence-electron chi connectivity index (χ2n) is 5.00. The summed E-state index contributed by atoms with van der Waals surface area (Å²) in [6.45, 7) is 5.89. The zero-order valence-corrected chi connectivity index (χ0v) is 10.6. The van der Waals surface area contributed by atoms with Gasteiger partial charge in [-0.3, -0.25) is 4.79 Å². The lowest BCUT2D eigenvalue weighted by Crippen LogP contribution is -2.18. The van der Waals surface area contributed by atoms with Crippen LogP contribution in [0.4, 0.5) is 0 Å². The zero-order valence-electron chi connectivity index (χ0n) is 10.6. The summed E-state index contributed by atoms with van der Waals surface area (Å²) in [5, 5.41) is 0. The van der Waals surface area contributed by atoms with Crippen molar-refractivity contribution < 1.29 is 14.3 Å². The Bertz CT molecular complexity index is 443. The van der Waals surface area contributed by atoms with Crippen molar-refractivity contribution >= 4 is 12.3 Å². The second-order valence-corrected chi connectivity index (χ2v) is 5.00. The molecule has 0 unspecified atom stereocenters. The number of aldehydes is 1. The standard InChI is InChI=1S/C15H18O3/c1-10-4-3-5-12(9-16)8-14-13(7-6-10)11(2)15(17)18-14/h5-6,9,13-14H,2-4,7-8H2,1H3/b10-6+,12-5+/t13-,14+/m0/s1. The van der Waals surface area contributed by atoms with Gasteiger partial charge in [0.25, 0.3) is 0 Å². The molecule has 0 amide bonds. The monoisotopic (exact) mass is 246 g/mol. The third-order valence-electron chi connectivity index (χ3n) is 3.67. The molecule has 0 spiro atoms. The lowest BCUT2D eigenvalue weighted by atomic mass is 9.88. The molecule has 0 bridgehead atoms. The number of rotatable bonds is 1. The van der Waals surface area contributed by atoms with Crippen molar-refractivity contribution in [2.75, 3.05) is 0 Å². The third-order valence-corrected chi connectivity index (χ3v) is 3.67. The largest absolute Gasteiger partial charge is 0.458 e. The van der Waals surface area contributed by atoms with Crippen LogP contribution in [-0.2, 0) is 14.3 Å². The normalized spacial score (nSPS) is 34.7. The van der Waals surface area contributed by atoms with Crippen LogP contribution in [0.1, 0.15) is 32.6 Å². The van der Waals surface area contributed by atoms with Gasteiger partial charge in [0.2, 0.25) is 0 Å². The van der Waals surface area contributed by atoms with Crippen molar-refractivity contribution in [3.63, 3.8) is 0 Å². The van der Waals surface area contributed by atoms with Gasteiger partial charge in [0.05, 0.1) is 0 Å². The van der Waals surface area contributed by atoms with Crippen LogP contribution in [0.2, 0.25) is 0 Å². The first-order chi connectivity index (χ1) is 8.61. The maximum absolute atomic E-state index is 11.6. The van der Waals surface area contributed by atoms with Crippen LogP contribution in [0.15, 0.2) is 35.5 Å². The maximum Gasteiger partial charge on any atom is 0.334 e. The fourth-order valence-corrected chi connectivity index (χ4v) is 2.48. The smallest absolute Gasteiger partial charge is 0.334 e. The molecular weight excluding hydrogens is 228 g/mol. The van der Waals surface area contributed by atoms with Crippen LogP contribution < -0.4 is 0 Å². The molecule has 0 radical (unpaired) electrons. The van der Waals surface area contributed by atoms with E-state index in [2.05, 4.69) is 19.6 Å². The fraction of sp³-hybridized carbons (Fsp3) is 0.467. The molecule has 0 aromatic carbocycles. The van der Waals surface area contributed by atoms with E-state index in [1.54, 1.807) is 0 Å². The molecule has 3 heteroatoms. The molecule has 18 heavy (non-hydrogen) atoms. The molecule has 0 N–H and O–H groups in total. The van der Waals surface area contributed by atoms with Crippen LogP contribution in [0.3, 0.4) is 0 Å². The van der Waals surface area contributed by atoms with E-state index in [4.69, 9.17) is 4.74 Å². The van der Waals surface area contributed by atoms with Crippen LogP contribution in [0.25, 0.3) is 0 Å². The van der Waals surface area contributed by atoms with Crippen LogP contribution >= 0.6 is 0 Å². The van der Waals surface area contributed by atoms with Crippen molar-refractivity contribution in [3.8, 4) is 0 Å². The molecule has 2 atom stereocenters. The number of carbonyl (C=O) groups excluding carboxylic acids is 2. The summed E-state index contributed by atoms with van der Waals surface area (Å²) in [5.41, 5.74) is 2.54. The number of allylic oxidation sites excluding steroid dienone is 3. The Labute approximate surface area is 107 Å². The predicted molar refractivity (Wildman–Crippen MR) is 68.9 cm³/mol. The van der Waals surface area contributed by atoms with Gasteiger partial charge in [0.1, 0.15) is 12.4 Å². The minimum Gasteiger partial charge on any atom is -0.458 e. The summed E-state index contributed by atoms with van der Waals surface area (Å²) in [5.74, 6) is -0.311. The summed E-state index contributed by atoms with van der Waals surface area (Å²) in [6.07, 6.45) is 7.83. The molecule has 1 aliphatic heterocycles. The summed E-state index contributed by atoms with van der Waals surface area (Å²) in [6, 6.07) is 0. The van der Waals surface area contributed by atoms with Crippen molar-refractivity contribution in [2.45, 2.75) is 38.7 Å². The summed E-state index contributed by atoms with van der Waals surface area (Å²) in [7, 11) is 0. The molecule has 96 valence electrons. The molecule has 2 rings (SSSR count). The van der Waals surface area contributed by atoms with Gasteiger partial charge in [-0.1, -0.05) is 24.3 Å². The Morgan fingerprint density at radius 3 is 2.94 bits per heavy atom. The molecule has 1 fully saturated rings. The average molecular weight is 246 g/mol. The Hall–Kier alpha value is -1.64. The molecule has 0 aromatic heterocycles. The van der Waals surface area contributed by atoms with Gasteiger partial charge in [0, 0.05) is 17.9 Å². The van der Waals surface area contributed by atoms with Gasteiger partial charge in [-0.15, -0.1) is 0 Å². The minimum atomic E-state index is -0.319. The predicted octanol–water partition coefficient (Wildman–Crippen LogP) is 2.73. The fourth-order valence-electron chi connectivity index (χ4n) is 2.48. The van der Waals surface area contributed by atoms with Crippen molar-refractivity contribution in [1.29, 1.82) is 0 Å². The van der Waals surface area contributed by atoms with Crippen LogP contribution in [-0.4, -0.2) is 18.4 Å². The summed E-state index contributed by atoms with van der Waals surface area (Å²) in [4.78, 5) is 22.6. The van der Waals surface area contributed by atoms with E-state index in [1.807, 2.05) is 6.08 Å². The topological polar surface area (TPSA) is 43.4 Å². The average Bonchev–Trinajstić information content (AvgIpc) is 2.61. The minimum absolute atomic E-state index is 0.00824. The highest BCUT2D eigenvalue weighted by Gasteiger charge is 2.38. The van der Waals surface area contributed by atoms with E-state index in [9.17, 15) is 9.59 Å². The van der Waals surface area contributed by atoms with Crippen molar-refractivity contribution in [2.24, 2.45) is 5.92 Å². The number of hydrogen-bond donors (Lipinski definition) is 0. The van der Waals surface area contributed by atoms with Gasteiger partial charge in [-0.25, -0.2) is 4.79 Å². The van der Waals surface area contributed by atoms with Gasteiger partial charge < -0.3 is 4.74 Å². The molecule has 0 aromatic rings. The molecule has 3 nitrogen and oxygen atoms in total. The number of carbonyl (C=O) groups is 2. The highest BCUT2D eigenvalue weighted by Crippen LogP contribution is 2.34. The molecular formula is C15H18O3. The molecule has 1 aliphatic carbocycles. The van der Waals surface area contributed by atoms with Crippen molar-refractivity contribution in [1.82, 2.24) is 0 Å². The first-order valence-corrected chi connectivity index (χ1v) is 6.31. The quantitative estimate of drug-likeness (QED) is 0.309. The van der Waals surface area contributed by atoms with E-state index >= 15 is 0 Å². The highest BCUT2D eigenvalue weighted by molar-refractivity contribution is 5.91. The van der Waals surface area contributed by atoms with E-state index in [0.29, 0.717) is 12.0 Å². The van der Waals surface area contributed by atoms with Gasteiger partial charge in [-0.2, -0.15) is 0 Å². The van der Waals surface area contributed by atoms with Gasteiger partial charge >= 0.3 is 5.97 Å². The number of esters is 1. The molecule has 1 heterocycles. The molecule has 1 saturated heterocycles. The molecule has 0 saturated carbocycles. The Balaban J connectivity index is 2.27. The first-order valence-electron chi connectivity index (χ1n) is 6.31. The SMILES string of the molecule is C=C1C(=O)O[C@@H]2C/C(C=O)=C\CC/C(C)=C/C[C@@H]12. The van der Waals surface area contributed by atoms with E-state index < -0.39 is 0 Å². The summed E-state index contributed by atoms with van der Waals surface area (Å²) < 4.78 is 5.31. The molecule has 2 aliphatic rings. The third kappa shape index (κ3) is 2.61. The van der Waals surface area contributed by atoms with E-state index in [1.165, 1.54) is 5.57 Å². The van der Waals surface area contributed by atoms with Crippen LogP contribution in [0, 0.1) is 5.92 Å². The maximum atomic E-state index is 11.6. The first kappa shape index (κ1) is 12.8. The van der Waals surface area contributed by atoms with Crippen molar-refractivity contribution in [3.05, 3.63) is 35.5 Å². The van der Waals surface area contributed by atoms with Crippen LogP contribution in [0.5, 0.6) is 0 Å². The second kappa shape index (κ2) is 5.34. The Morgan fingerprint density at radius 2 is 2.22 bits per heavy atom. The van der Waals surface area contributed by atoms with Gasteiger partial charge in [0.15, 0.2) is 0 Å². The van der Waals surface area contributed by atoms with E-state index in [-0.39, 0.29) is 18.0 Å². The lowest BCUT2D eigenvalue weighted by Gasteiger charge is -2.17. The Morgan fingerprint density at radius 1 is 1.44 bits per heavy atom. The Kier molecular flexibility index (Phi) is 3.80. The highest BCUT2D eigenvalue weighted by atomic mass is 16.6. The number of fused-ring (bicyclic) bond motifs is 1. The summed E-state index contributed by atoms with van der Waals surface area (Å²) >= 11 is 0. The zero-order chi connectivity index (χ0) is 13.1. The number of ether oxygens (including phenoxy) is 1. The van der Waals surface area contributed by atoms with Gasteiger partial charge in [-0.05, 0) is 31.8 Å². The van der Waals surface area contributed by atoms with E-state index in [0.717, 1.165) is 31.1 Å².